The normalized spacial score (nSPS) is 15.8. The van der Waals surface area contributed by atoms with Crippen molar-refractivity contribution in [3.8, 4) is 0 Å². The maximum absolute atomic E-state index is 12.4. The van der Waals surface area contributed by atoms with Crippen molar-refractivity contribution in [2.75, 3.05) is 36.0 Å². The van der Waals surface area contributed by atoms with Gasteiger partial charge in [0.2, 0.25) is 0 Å². The lowest BCUT2D eigenvalue weighted by Gasteiger charge is -2.17. The summed E-state index contributed by atoms with van der Waals surface area (Å²) >= 11 is 0. The van der Waals surface area contributed by atoms with Gasteiger partial charge >= 0.3 is 5.97 Å². The highest BCUT2D eigenvalue weighted by Crippen LogP contribution is 2.27. The van der Waals surface area contributed by atoms with E-state index in [2.05, 4.69) is 15.1 Å². The Hall–Kier alpha value is -2.96. The quantitative estimate of drug-likeness (QED) is 0.782. The number of esters is 1. The van der Waals surface area contributed by atoms with Gasteiger partial charge in [-0.3, -0.25) is 4.79 Å². The molecule has 0 saturated carbocycles. The molecule has 1 saturated heterocycles. The number of amides is 1. The number of carbonyl (C=O) groups is 2. The van der Waals surface area contributed by atoms with Crippen LogP contribution >= 0.6 is 0 Å². The van der Waals surface area contributed by atoms with E-state index in [0.717, 1.165) is 49.4 Å². The summed E-state index contributed by atoms with van der Waals surface area (Å²) in [7, 11) is 0. The van der Waals surface area contributed by atoms with Gasteiger partial charge in [0.15, 0.2) is 18.1 Å². The van der Waals surface area contributed by atoms with Crippen molar-refractivity contribution >= 4 is 23.4 Å². The summed E-state index contributed by atoms with van der Waals surface area (Å²) in [5.74, 6) is -0.0972. The van der Waals surface area contributed by atoms with Crippen molar-refractivity contribution in [1.82, 2.24) is 10.2 Å². The van der Waals surface area contributed by atoms with Crippen molar-refractivity contribution in [3.05, 3.63) is 47.7 Å². The number of anilines is 2. The molecule has 2 aliphatic rings. The lowest BCUT2D eigenvalue weighted by atomic mass is 10.2. The second-order valence-corrected chi connectivity index (χ2v) is 6.47. The molecule has 26 heavy (non-hydrogen) atoms. The van der Waals surface area contributed by atoms with Crippen molar-refractivity contribution in [1.29, 1.82) is 0 Å². The molecule has 0 N–H and O–H groups in total. The van der Waals surface area contributed by atoms with E-state index in [1.165, 1.54) is 0 Å². The van der Waals surface area contributed by atoms with Gasteiger partial charge in [0.1, 0.15) is 0 Å². The zero-order valence-electron chi connectivity index (χ0n) is 14.4. The number of carbonyl (C=O) groups excluding carboxylic acids is 2. The molecule has 0 bridgehead atoms. The van der Waals surface area contributed by atoms with Gasteiger partial charge in [-0.1, -0.05) is 18.2 Å². The predicted octanol–water partition coefficient (Wildman–Crippen LogP) is 1.82. The van der Waals surface area contributed by atoms with E-state index in [-0.39, 0.29) is 18.2 Å². The summed E-state index contributed by atoms with van der Waals surface area (Å²) in [6, 6.07) is 11.1. The van der Waals surface area contributed by atoms with Crippen LogP contribution in [0.4, 0.5) is 11.5 Å². The summed E-state index contributed by atoms with van der Waals surface area (Å²) in [4.78, 5) is 28.3. The Morgan fingerprint density at radius 2 is 1.81 bits per heavy atom. The lowest BCUT2D eigenvalue weighted by Crippen LogP contribution is -2.33. The smallest absolute Gasteiger partial charge is 0.359 e. The van der Waals surface area contributed by atoms with E-state index < -0.39 is 5.97 Å². The fourth-order valence-electron chi connectivity index (χ4n) is 3.43. The molecule has 134 valence electrons. The van der Waals surface area contributed by atoms with Crippen molar-refractivity contribution in [3.63, 3.8) is 0 Å². The van der Waals surface area contributed by atoms with Crippen LogP contribution in [0.2, 0.25) is 0 Å². The van der Waals surface area contributed by atoms with Crippen LogP contribution in [0.5, 0.6) is 0 Å². The molecule has 7 heteroatoms. The van der Waals surface area contributed by atoms with Gasteiger partial charge in [0, 0.05) is 25.3 Å². The second kappa shape index (κ2) is 7.11. The summed E-state index contributed by atoms with van der Waals surface area (Å²) in [6.45, 7) is 2.23. The first-order valence-electron chi connectivity index (χ1n) is 8.86. The number of para-hydroxylation sites is 1. The first-order chi connectivity index (χ1) is 12.7. The number of nitrogens with zero attached hydrogens (tertiary/aromatic N) is 4. The van der Waals surface area contributed by atoms with E-state index in [4.69, 9.17) is 4.74 Å². The average molecular weight is 352 g/mol. The van der Waals surface area contributed by atoms with Crippen LogP contribution < -0.4 is 9.80 Å². The Kier molecular flexibility index (Phi) is 4.51. The highest BCUT2D eigenvalue weighted by atomic mass is 16.5. The molecule has 1 aromatic carbocycles. The number of benzene rings is 1. The molecule has 0 atom stereocenters. The first kappa shape index (κ1) is 16.5. The SMILES string of the molecule is O=C(OCC(=O)N1CCc2ccccc21)c1ccc(N2CCCC2)nn1. The molecule has 1 fully saturated rings. The maximum Gasteiger partial charge on any atom is 0.359 e. The summed E-state index contributed by atoms with van der Waals surface area (Å²) in [5, 5.41) is 8.04. The summed E-state index contributed by atoms with van der Waals surface area (Å²) in [5.41, 5.74) is 2.14. The van der Waals surface area contributed by atoms with Gasteiger partial charge in [-0.2, -0.15) is 0 Å². The molecule has 0 aliphatic carbocycles. The molecule has 0 radical (unpaired) electrons. The number of fused-ring (bicyclic) bond motifs is 1. The third-order valence-corrected chi connectivity index (χ3v) is 4.80. The highest BCUT2D eigenvalue weighted by molar-refractivity contribution is 5.98. The molecule has 1 aromatic heterocycles. The third kappa shape index (κ3) is 3.24. The molecule has 0 unspecified atom stereocenters. The van der Waals surface area contributed by atoms with Crippen LogP contribution in [0.25, 0.3) is 0 Å². The number of aromatic nitrogens is 2. The van der Waals surface area contributed by atoms with E-state index >= 15 is 0 Å². The zero-order valence-corrected chi connectivity index (χ0v) is 14.4. The van der Waals surface area contributed by atoms with Gasteiger partial charge in [0.25, 0.3) is 5.91 Å². The molecule has 0 spiro atoms. The number of rotatable bonds is 4. The van der Waals surface area contributed by atoms with Gasteiger partial charge in [-0.25, -0.2) is 4.79 Å². The first-order valence-corrected chi connectivity index (χ1v) is 8.86. The van der Waals surface area contributed by atoms with Crippen LogP contribution in [0.1, 0.15) is 28.9 Å². The zero-order chi connectivity index (χ0) is 17.9. The topological polar surface area (TPSA) is 75.6 Å². The molecule has 3 heterocycles. The number of hydrogen-bond donors (Lipinski definition) is 0. The summed E-state index contributed by atoms with van der Waals surface area (Å²) in [6.07, 6.45) is 3.11. The largest absolute Gasteiger partial charge is 0.451 e. The minimum absolute atomic E-state index is 0.113. The average Bonchev–Trinajstić information content (AvgIpc) is 3.36. The molecular formula is C19H20N4O3. The molecule has 4 rings (SSSR count). The van der Waals surface area contributed by atoms with Crippen molar-refractivity contribution in [2.45, 2.75) is 19.3 Å². The Bertz CT molecular complexity index is 816. The third-order valence-electron chi connectivity index (χ3n) is 4.80. The van der Waals surface area contributed by atoms with E-state index in [9.17, 15) is 9.59 Å². The monoisotopic (exact) mass is 352 g/mol. The van der Waals surface area contributed by atoms with E-state index in [0.29, 0.717) is 6.54 Å². The van der Waals surface area contributed by atoms with Gasteiger partial charge < -0.3 is 14.5 Å². The van der Waals surface area contributed by atoms with Gasteiger partial charge in [0.05, 0.1) is 0 Å². The minimum atomic E-state index is -0.633. The lowest BCUT2D eigenvalue weighted by molar-refractivity contribution is -0.121. The Morgan fingerprint density at radius 3 is 2.58 bits per heavy atom. The predicted molar refractivity (Wildman–Crippen MR) is 96.3 cm³/mol. The molecule has 1 amide bonds. The molecule has 7 nitrogen and oxygen atoms in total. The van der Waals surface area contributed by atoms with E-state index in [1.54, 1.807) is 17.0 Å². The van der Waals surface area contributed by atoms with E-state index in [1.807, 2.05) is 24.3 Å². The van der Waals surface area contributed by atoms with Crippen LogP contribution in [-0.4, -0.2) is 48.3 Å². The Labute approximate surface area is 151 Å². The van der Waals surface area contributed by atoms with Crippen LogP contribution in [0, 0.1) is 0 Å². The fraction of sp³-hybridized carbons (Fsp3) is 0.368. The van der Waals surface area contributed by atoms with Gasteiger partial charge in [-0.15, -0.1) is 10.2 Å². The minimum Gasteiger partial charge on any atom is -0.451 e. The van der Waals surface area contributed by atoms with Crippen molar-refractivity contribution in [2.24, 2.45) is 0 Å². The van der Waals surface area contributed by atoms with Crippen LogP contribution in [0.15, 0.2) is 36.4 Å². The molecule has 2 aliphatic heterocycles. The summed E-state index contributed by atoms with van der Waals surface area (Å²) < 4.78 is 5.14. The van der Waals surface area contributed by atoms with Crippen LogP contribution in [-0.2, 0) is 16.0 Å². The van der Waals surface area contributed by atoms with Crippen LogP contribution in [0.3, 0.4) is 0 Å². The number of hydrogen-bond acceptors (Lipinski definition) is 6. The van der Waals surface area contributed by atoms with Gasteiger partial charge in [-0.05, 0) is 43.0 Å². The second-order valence-electron chi connectivity index (χ2n) is 6.47. The standard InChI is InChI=1S/C19H20N4O3/c24-18(23-12-9-14-5-1-2-6-16(14)23)13-26-19(25)15-7-8-17(21-20-15)22-10-3-4-11-22/h1-2,5-8H,3-4,9-13H2. The fourth-order valence-corrected chi connectivity index (χ4v) is 3.43. The van der Waals surface area contributed by atoms with Crippen molar-refractivity contribution < 1.29 is 14.3 Å². The Balaban J connectivity index is 1.34. The molecular weight excluding hydrogens is 332 g/mol. The Morgan fingerprint density at radius 1 is 1.00 bits per heavy atom. The molecule has 2 aromatic rings. The highest BCUT2D eigenvalue weighted by Gasteiger charge is 2.25. The number of ether oxygens (including phenoxy) is 1. The maximum atomic E-state index is 12.4.